The van der Waals surface area contributed by atoms with Crippen molar-refractivity contribution >= 4 is 5.91 Å². The zero-order chi connectivity index (χ0) is 16.7. The van der Waals surface area contributed by atoms with Gasteiger partial charge < -0.3 is 10.1 Å². The first kappa shape index (κ1) is 17.1. The van der Waals surface area contributed by atoms with Crippen LogP contribution in [0.5, 0.6) is 5.75 Å². The van der Waals surface area contributed by atoms with E-state index in [0.29, 0.717) is 19.4 Å². The van der Waals surface area contributed by atoms with Crippen LogP contribution in [-0.2, 0) is 11.8 Å². The molecule has 0 bridgehead atoms. The molecule has 2 aromatic rings. The molecule has 1 unspecified atom stereocenters. The monoisotopic (exact) mass is 315 g/mol. The zero-order valence-electron chi connectivity index (χ0n) is 14.1. The predicted molar refractivity (Wildman–Crippen MR) is 91.3 cm³/mol. The fraction of sp³-hybridized carbons (Fsp3) is 0.444. The van der Waals surface area contributed by atoms with Gasteiger partial charge in [-0.05, 0) is 37.5 Å². The van der Waals surface area contributed by atoms with Crippen LogP contribution in [0.25, 0.3) is 11.1 Å². The second kappa shape index (κ2) is 8.36. The summed E-state index contributed by atoms with van der Waals surface area (Å²) >= 11 is 0. The number of amides is 1. The van der Waals surface area contributed by atoms with E-state index in [4.69, 9.17) is 4.74 Å². The molecule has 124 valence electrons. The van der Waals surface area contributed by atoms with E-state index in [-0.39, 0.29) is 11.9 Å². The van der Waals surface area contributed by atoms with Gasteiger partial charge in [-0.1, -0.05) is 19.1 Å². The number of carbonyl (C=O) groups is 1. The van der Waals surface area contributed by atoms with Crippen molar-refractivity contribution in [1.29, 1.82) is 0 Å². The molecule has 1 heterocycles. The summed E-state index contributed by atoms with van der Waals surface area (Å²) < 4.78 is 7.46. The van der Waals surface area contributed by atoms with Crippen LogP contribution in [0.3, 0.4) is 0 Å². The van der Waals surface area contributed by atoms with Gasteiger partial charge in [0, 0.05) is 31.3 Å². The lowest BCUT2D eigenvalue weighted by atomic mass is 10.1. The normalized spacial score (nSPS) is 12.0. The van der Waals surface area contributed by atoms with E-state index in [0.717, 1.165) is 23.3 Å². The minimum Gasteiger partial charge on any atom is -0.494 e. The predicted octanol–water partition coefficient (Wildman–Crippen LogP) is 3.16. The Morgan fingerprint density at radius 2 is 2.04 bits per heavy atom. The molecule has 5 heteroatoms. The minimum atomic E-state index is 0.0925. The van der Waals surface area contributed by atoms with Gasteiger partial charge in [0.25, 0.3) is 0 Å². The van der Waals surface area contributed by atoms with Crippen LogP contribution in [-0.4, -0.2) is 28.3 Å². The third kappa shape index (κ3) is 5.43. The Balaban J connectivity index is 1.73. The highest BCUT2D eigenvalue weighted by atomic mass is 16.5. The average Bonchev–Trinajstić information content (AvgIpc) is 2.98. The maximum atomic E-state index is 11.7. The lowest BCUT2D eigenvalue weighted by molar-refractivity contribution is -0.121. The lowest BCUT2D eigenvalue weighted by Crippen LogP contribution is -2.31. The van der Waals surface area contributed by atoms with Crippen molar-refractivity contribution in [1.82, 2.24) is 15.1 Å². The molecule has 0 saturated carbocycles. The Bertz CT molecular complexity index is 619. The summed E-state index contributed by atoms with van der Waals surface area (Å²) in [4.78, 5) is 11.7. The first-order valence-electron chi connectivity index (χ1n) is 8.09. The SMILES string of the molecule is CCC(C)NC(=O)CCCOc1ccc(-c2cnn(C)c2)cc1. The molecule has 0 saturated heterocycles. The number of rotatable bonds is 8. The second-order valence-electron chi connectivity index (χ2n) is 5.76. The smallest absolute Gasteiger partial charge is 0.220 e. The number of ether oxygens (including phenoxy) is 1. The summed E-state index contributed by atoms with van der Waals surface area (Å²) in [5, 5.41) is 7.12. The van der Waals surface area contributed by atoms with Crippen molar-refractivity contribution in [3.63, 3.8) is 0 Å². The number of benzene rings is 1. The number of nitrogens with zero attached hydrogens (tertiary/aromatic N) is 2. The molecule has 0 radical (unpaired) electrons. The molecule has 1 N–H and O–H groups in total. The zero-order valence-corrected chi connectivity index (χ0v) is 14.1. The van der Waals surface area contributed by atoms with E-state index in [1.807, 2.05) is 50.6 Å². The molecule has 23 heavy (non-hydrogen) atoms. The van der Waals surface area contributed by atoms with Gasteiger partial charge in [0.1, 0.15) is 5.75 Å². The van der Waals surface area contributed by atoms with Crippen molar-refractivity contribution in [2.24, 2.45) is 7.05 Å². The fourth-order valence-corrected chi connectivity index (χ4v) is 2.19. The third-order valence-electron chi connectivity index (χ3n) is 3.73. The Morgan fingerprint density at radius 1 is 1.30 bits per heavy atom. The lowest BCUT2D eigenvalue weighted by Gasteiger charge is -2.11. The molecule has 0 fully saturated rings. The molecular formula is C18H25N3O2. The number of hydrogen-bond acceptors (Lipinski definition) is 3. The standard InChI is InChI=1S/C18H25N3O2/c1-4-14(2)20-18(22)6-5-11-23-17-9-7-15(8-10-17)16-12-19-21(3)13-16/h7-10,12-14H,4-6,11H2,1-3H3,(H,20,22). The van der Waals surface area contributed by atoms with Crippen LogP contribution >= 0.6 is 0 Å². The van der Waals surface area contributed by atoms with Gasteiger partial charge in [-0.25, -0.2) is 0 Å². The van der Waals surface area contributed by atoms with E-state index in [1.165, 1.54) is 0 Å². The van der Waals surface area contributed by atoms with Crippen molar-refractivity contribution in [3.05, 3.63) is 36.7 Å². The van der Waals surface area contributed by atoms with E-state index in [1.54, 1.807) is 4.68 Å². The average molecular weight is 315 g/mol. The van der Waals surface area contributed by atoms with E-state index >= 15 is 0 Å². The molecular weight excluding hydrogens is 290 g/mol. The Labute approximate surface area is 137 Å². The highest BCUT2D eigenvalue weighted by molar-refractivity contribution is 5.76. The first-order chi connectivity index (χ1) is 11.1. The molecule has 1 aromatic heterocycles. The second-order valence-corrected chi connectivity index (χ2v) is 5.76. The molecule has 1 aromatic carbocycles. The Morgan fingerprint density at radius 3 is 2.65 bits per heavy atom. The van der Waals surface area contributed by atoms with Crippen molar-refractivity contribution < 1.29 is 9.53 Å². The summed E-state index contributed by atoms with van der Waals surface area (Å²) in [6.45, 7) is 4.61. The van der Waals surface area contributed by atoms with Crippen molar-refractivity contribution in [2.75, 3.05) is 6.61 Å². The third-order valence-corrected chi connectivity index (χ3v) is 3.73. The van der Waals surface area contributed by atoms with Gasteiger partial charge in [0.05, 0.1) is 12.8 Å². The number of carbonyl (C=O) groups excluding carboxylic acids is 1. The summed E-state index contributed by atoms with van der Waals surface area (Å²) in [7, 11) is 1.90. The number of aryl methyl sites for hydroxylation is 1. The highest BCUT2D eigenvalue weighted by Crippen LogP contribution is 2.21. The van der Waals surface area contributed by atoms with Crippen molar-refractivity contribution in [2.45, 2.75) is 39.2 Å². The van der Waals surface area contributed by atoms with Crippen LogP contribution in [0.4, 0.5) is 0 Å². The topological polar surface area (TPSA) is 56.1 Å². The van der Waals surface area contributed by atoms with Crippen LogP contribution < -0.4 is 10.1 Å². The number of hydrogen-bond donors (Lipinski definition) is 1. The maximum absolute atomic E-state index is 11.7. The van der Waals surface area contributed by atoms with Crippen LogP contribution in [0, 0.1) is 0 Å². The quantitative estimate of drug-likeness (QED) is 0.761. The van der Waals surface area contributed by atoms with Crippen LogP contribution in [0.15, 0.2) is 36.7 Å². The largest absolute Gasteiger partial charge is 0.494 e. The van der Waals surface area contributed by atoms with Gasteiger partial charge in [0.2, 0.25) is 5.91 Å². The Hall–Kier alpha value is -2.30. The summed E-state index contributed by atoms with van der Waals surface area (Å²) in [6, 6.07) is 8.16. The molecule has 0 aliphatic rings. The maximum Gasteiger partial charge on any atom is 0.220 e. The molecule has 1 amide bonds. The van der Waals surface area contributed by atoms with E-state index in [2.05, 4.69) is 17.3 Å². The van der Waals surface area contributed by atoms with Gasteiger partial charge in [-0.3, -0.25) is 9.48 Å². The van der Waals surface area contributed by atoms with Crippen LogP contribution in [0.1, 0.15) is 33.1 Å². The molecule has 0 aliphatic carbocycles. The summed E-state index contributed by atoms with van der Waals surface area (Å²) in [5.41, 5.74) is 2.19. The van der Waals surface area contributed by atoms with Gasteiger partial charge in [-0.2, -0.15) is 5.10 Å². The number of nitrogens with one attached hydrogen (secondary N) is 1. The molecule has 2 rings (SSSR count). The van der Waals surface area contributed by atoms with E-state index < -0.39 is 0 Å². The molecule has 0 spiro atoms. The Kier molecular flexibility index (Phi) is 6.20. The summed E-state index contributed by atoms with van der Waals surface area (Å²) in [6.07, 6.45) is 5.98. The number of aromatic nitrogens is 2. The fourth-order valence-electron chi connectivity index (χ4n) is 2.19. The summed E-state index contributed by atoms with van der Waals surface area (Å²) in [5.74, 6) is 0.912. The van der Waals surface area contributed by atoms with Gasteiger partial charge in [0.15, 0.2) is 0 Å². The molecule has 0 aliphatic heterocycles. The minimum absolute atomic E-state index is 0.0925. The van der Waals surface area contributed by atoms with Crippen molar-refractivity contribution in [3.8, 4) is 16.9 Å². The first-order valence-corrected chi connectivity index (χ1v) is 8.09. The van der Waals surface area contributed by atoms with Gasteiger partial charge >= 0.3 is 0 Å². The van der Waals surface area contributed by atoms with Crippen LogP contribution in [0.2, 0.25) is 0 Å². The van der Waals surface area contributed by atoms with Gasteiger partial charge in [-0.15, -0.1) is 0 Å². The highest BCUT2D eigenvalue weighted by Gasteiger charge is 2.05. The molecule has 1 atom stereocenters. The van der Waals surface area contributed by atoms with E-state index in [9.17, 15) is 4.79 Å². The molecule has 5 nitrogen and oxygen atoms in total.